The molecule has 0 aromatic carbocycles. The first-order valence-corrected chi connectivity index (χ1v) is 7.32. The molecule has 1 aliphatic rings. The highest BCUT2D eigenvalue weighted by molar-refractivity contribution is 9.10. The van der Waals surface area contributed by atoms with Crippen molar-refractivity contribution in [3.05, 3.63) is 9.98 Å². The van der Waals surface area contributed by atoms with Gasteiger partial charge in [-0.1, -0.05) is 6.92 Å². The summed E-state index contributed by atoms with van der Waals surface area (Å²) < 4.78 is 0.851. The van der Waals surface area contributed by atoms with E-state index in [4.69, 9.17) is 0 Å². The van der Waals surface area contributed by atoms with E-state index in [0.29, 0.717) is 6.54 Å². The molecule has 1 aromatic heterocycles. The number of hydrogen-bond donors (Lipinski definition) is 2. The van der Waals surface area contributed by atoms with E-state index >= 15 is 0 Å². The molecule has 0 saturated heterocycles. The van der Waals surface area contributed by atoms with Gasteiger partial charge in [-0.15, -0.1) is 11.3 Å². The third-order valence-electron chi connectivity index (χ3n) is 3.25. The number of hydrogen-bond acceptors (Lipinski definition) is 4. The van der Waals surface area contributed by atoms with E-state index in [2.05, 4.69) is 33.2 Å². The van der Waals surface area contributed by atoms with Crippen molar-refractivity contribution in [2.24, 2.45) is 5.92 Å². The second kappa shape index (κ2) is 5.02. The summed E-state index contributed by atoms with van der Waals surface area (Å²) in [6, 6.07) is 0. The molecule has 0 bridgehead atoms. The minimum atomic E-state index is -0.537. The van der Waals surface area contributed by atoms with Crippen molar-refractivity contribution in [1.82, 2.24) is 4.98 Å². The Hall–Kier alpha value is -0.130. The summed E-state index contributed by atoms with van der Waals surface area (Å²) in [5.41, 5.74) is -0.537. The highest BCUT2D eigenvalue weighted by Crippen LogP contribution is 2.32. The standard InChI is InChI=1S/C11H17BrN2OS/c1-8-2-4-11(15,5-3-8)7-13-10-14-9(12)6-16-10/h6,8,15H,2-5,7H2,1H3,(H,13,14). The Morgan fingerprint density at radius 1 is 1.62 bits per heavy atom. The van der Waals surface area contributed by atoms with Crippen LogP contribution in [0.4, 0.5) is 5.13 Å². The second-order valence-electron chi connectivity index (χ2n) is 4.74. The van der Waals surface area contributed by atoms with Gasteiger partial charge in [0.1, 0.15) is 4.60 Å². The predicted molar refractivity (Wildman–Crippen MR) is 70.9 cm³/mol. The molecular formula is C11H17BrN2OS. The lowest BCUT2D eigenvalue weighted by Gasteiger charge is -2.34. The van der Waals surface area contributed by atoms with Crippen molar-refractivity contribution in [2.75, 3.05) is 11.9 Å². The predicted octanol–water partition coefficient (Wildman–Crippen LogP) is 3.26. The fourth-order valence-electron chi connectivity index (χ4n) is 2.05. The number of aromatic nitrogens is 1. The summed E-state index contributed by atoms with van der Waals surface area (Å²) in [4.78, 5) is 4.25. The maximum Gasteiger partial charge on any atom is 0.183 e. The van der Waals surface area contributed by atoms with Gasteiger partial charge in [0.25, 0.3) is 0 Å². The second-order valence-corrected chi connectivity index (χ2v) is 6.41. The smallest absolute Gasteiger partial charge is 0.183 e. The Labute approximate surface area is 108 Å². The highest BCUT2D eigenvalue weighted by atomic mass is 79.9. The van der Waals surface area contributed by atoms with Gasteiger partial charge in [-0.25, -0.2) is 4.98 Å². The minimum absolute atomic E-state index is 0.537. The molecule has 1 heterocycles. The van der Waals surface area contributed by atoms with Gasteiger partial charge in [0.2, 0.25) is 0 Å². The van der Waals surface area contributed by atoms with Crippen molar-refractivity contribution >= 4 is 32.4 Å². The fourth-order valence-corrected chi connectivity index (χ4v) is 3.19. The van der Waals surface area contributed by atoms with Crippen LogP contribution in [0.5, 0.6) is 0 Å². The van der Waals surface area contributed by atoms with E-state index in [1.54, 1.807) is 11.3 Å². The summed E-state index contributed by atoms with van der Waals surface area (Å²) in [7, 11) is 0. The molecule has 16 heavy (non-hydrogen) atoms. The van der Waals surface area contributed by atoms with Crippen LogP contribution in [0.2, 0.25) is 0 Å². The van der Waals surface area contributed by atoms with Gasteiger partial charge in [0.05, 0.1) is 5.60 Å². The summed E-state index contributed by atoms with van der Waals surface area (Å²) in [5.74, 6) is 0.759. The molecule has 1 fully saturated rings. The zero-order chi connectivity index (χ0) is 11.6. The van der Waals surface area contributed by atoms with E-state index in [-0.39, 0.29) is 0 Å². The van der Waals surface area contributed by atoms with Crippen LogP contribution in [-0.4, -0.2) is 22.2 Å². The zero-order valence-corrected chi connectivity index (χ0v) is 11.8. The quantitative estimate of drug-likeness (QED) is 0.901. The van der Waals surface area contributed by atoms with E-state index in [1.165, 1.54) is 0 Å². The first kappa shape index (κ1) is 12.3. The van der Waals surface area contributed by atoms with Crippen LogP contribution in [0, 0.1) is 5.92 Å². The highest BCUT2D eigenvalue weighted by Gasteiger charge is 2.31. The number of nitrogens with zero attached hydrogens (tertiary/aromatic N) is 1. The van der Waals surface area contributed by atoms with Gasteiger partial charge in [0, 0.05) is 11.9 Å². The van der Waals surface area contributed by atoms with Crippen molar-refractivity contribution < 1.29 is 5.11 Å². The van der Waals surface area contributed by atoms with Crippen molar-refractivity contribution in [3.8, 4) is 0 Å². The van der Waals surface area contributed by atoms with Crippen LogP contribution < -0.4 is 5.32 Å². The Morgan fingerprint density at radius 2 is 2.31 bits per heavy atom. The van der Waals surface area contributed by atoms with Crippen molar-refractivity contribution in [3.63, 3.8) is 0 Å². The monoisotopic (exact) mass is 304 g/mol. The average molecular weight is 305 g/mol. The minimum Gasteiger partial charge on any atom is -0.388 e. The van der Waals surface area contributed by atoms with Crippen LogP contribution >= 0.6 is 27.3 Å². The number of halogens is 1. The average Bonchev–Trinajstić information content (AvgIpc) is 2.67. The maximum atomic E-state index is 10.4. The molecule has 0 aliphatic heterocycles. The lowest BCUT2D eigenvalue weighted by molar-refractivity contribution is 0.00501. The van der Waals surface area contributed by atoms with Crippen LogP contribution in [0.25, 0.3) is 0 Å². The van der Waals surface area contributed by atoms with Crippen LogP contribution in [-0.2, 0) is 0 Å². The van der Waals surface area contributed by atoms with E-state index in [9.17, 15) is 5.11 Å². The van der Waals surface area contributed by atoms with Crippen LogP contribution in [0.1, 0.15) is 32.6 Å². The first-order valence-electron chi connectivity index (χ1n) is 5.65. The van der Waals surface area contributed by atoms with E-state index < -0.39 is 5.60 Å². The molecular weight excluding hydrogens is 288 g/mol. The Bertz CT molecular complexity index is 348. The molecule has 0 radical (unpaired) electrons. The Kier molecular flexibility index (Phi) is 3.87. The van der Waals surface area contributed by atoms with Crippen molar-refractivity contribution in [2.45, 2.75) is 38.2 Å². The zero-order valence-electron chi connectivity index (χ0n) is 9.37. The summed E-state index contributed by atoms with van der Waals surface area (Å²) in [5, 5.41) is 16.4. The fraction of sp³-hybridized carbons (Fsp3) is 0.727. The van der Waals surface area contributed by atoms with Crippen molar-refractivity contribution in [1.29, 1.82) is 0 Å². The van der Waals surface area contributed by atoms with Gasteiger partial charge in [-0.2, -0.15) is 0 Å². The molecule has 0 amide bonds. The van der Waals surface area contributed by atoms with Gasteiger partial charge >= 0.3 is 0 Å². The van der Waals surface area contributed by atoms with Crippen LogP contribution in [0.15, 0.2) is 9.98 Å². The Morgan fingerprint density at radius 3 is 2.88 bits per heavy atom. The molecule has 1 aliphatic carbocycles. The number of anilines is 1. The summed E-state index contributed by atoms with van der Waals surface area (Å²) >= 11 is 4.87. The molecule has 1 saturated carbocycles. The molecule has 0 unspecified atom stereocenters. The topological polar surface area (TPSA) is 45.1 Å². The summed E-state index contributed by atoms with van der Waals surface area (Å²) in [6.07, 6.45) is 4.04. The molecule has 0 spiro atoms. The van der Waals surface area contributed by atoms with Gasteiger partial charge in [0.15, 0.2) is 5.13 Å². The number of thiazole rings is 1. The first-order chi connectivity index (χ1) is 7.57. The number of rotatable bonds is 3. The molecule has 2 N–H and O–H groups in total. The Balaban J connectivity index is 1.85. The van der Waals surface area contributed by atoms with Crippen LogP contribution in [0.3, 0.4) is 0 Å². The molecule has 0 atom stereocenters. The largest absolute Gasteiger partial charge is 0.388 e. The SMILES string of the molecule is CC1CCC(O)(CNc2nc(Br)cs2)CC1. The molecule has 3 nitrogen and oxygen atoms in total. The third kappa shape index (κ3) is 3.18. The summed E-state index contributed by atoms with van der Waals surface area (Å²) in [6.45, 7) is 2.87. The molecule has 5 heteroatoms. The molecule has 90 valence electrons. The third-order valence-corrected chi connectivity index (χ3v) is 4.76. The molecule has 2 rings (SSSR count). The maximum absolute atomic E-state index is 10.4. The van der Waals surface area contributed by atoms with Gasteiger partial charge in [-0.05, 0) is 47.5 Å². The molecule has 1 aromatic rings. The lowest BCUT2D eigenvalue weighted by atomic mass is 9.79. The van der Waals surface area contributed by atoms with E-state index in [0.717, 1.165) is 41.3 Å². The lowest BCUT2D eigenvalue weighted by Crippen LogP contribution is -2.40. The van der Waals surface area contributed by atoms with E-state index in [1.807, 2.05) is 5.38 Å². The number of nitrogens with one attached hydrogen (secondary N) is 1. The van der Waals surface area contributed by atoms with Gasteiger partial charge in [-0.3, -0.25) is 0 Å². The normalized spacial score (nSPS) is 30.3. The van der Waals surface area contributed by atoms with Gasteiger partial charge < -0.3 is 10.4 Å². The number of aliphatic hydroxyl groups is 1.